The average molecular weight is 582 g/mol. The number of pyridine rings is 1. The number of hydrogen-bond acceptors (Lipinski definition) is 8. The number of ether oxygens (including phenoxy) is 3. The molecule has 0 aliphatic carbocycles. The lowest BCUT2D eigenvalue weighted by Gasteiger charge is -2.29. The Hall–Kier alpha value is -2.79. The maximum absolute atomic E-state index is 13.2. The van der Waals surface area contributed by atoms with Gasteiger partial charge in [0.15, 0.2) is 0 Å². The molecule has 2 aliphatic heterocycles. The van der Waals surface area contributed by atoms with Crippen molar-refractivity contribution in [1.82, 2.24) is 19.4 Å². The molecule has 0 bridgehead atoms. The third-order valence-electron chi connectivity index (χ3n) is 7.37. The predicted molar refractivity (Wildman–Crippen MR) is 153 cm³/mol. The molecule has 0 radical (unpaired) electrons. The Kier molecular flexibility index (Phi) is 8.56. The van der Waals surface area contributed by atoms with Crippen molar-refractivity contribution in [1.29, 1.82) is 0 Å². The Morgan fingerprint density at radius 3 is 2.63 bits per heavy atom. The zero-order valence-corrected chi connectivity index (χ0v) is 23.5. The summed E-state index contributed by atoms with van der Waals surface area (Å²) in [7, 11) is 3.29. The quantitative estimate of drug-likeness (QED) is 0.329. The molecule has 204 valence electrons. The normalized spacial score (nSPS) is 18.3. The number of aromatic nitrogens is 3. The molecular formula is C26H30Cl2N4O5S. The van der Waals surface area contributed by atoms with Gasteiger partial charge in [0.25, 0.3) is 5.56 Å². The summed E-state index contributed by atoms with van der Waals surface area (Å²) in [5.74, 6) is 3.31. The van der Waals surface area contributed by atoms with Crippen molar-refractivity contribution < 1.29 is 14.2 Å². The first-order valence-electron chi connectivity index (χ1n) is 12.2. The average Bonchev–Trinajstić information content (AvgIpc) is 3.49. The summed E-state index contributed by atoms with van der Waals surface area (Å²) in [4.78, 5) is 35.6. The van der Waals surface area contributed by atoms with Crippen molar-refractivity contribution in [3.05, 3.63) is 56.9 Å². The van der Waals surface area contributed by atoms with Gasteiger partial charge < -0.3 is 24.1 Å². The second-order valence-corrected chi connectivity index (χ2v) is 10.4. The van der Waals surface area contributed by atoms with E-state index in [-0.39, 0.29) is 30.4 Å². The van der Waals surface area contributed by atoms with Crippen LogP contribution in [0, 0.1) is 5.92 Å². The lowest BCUT2D eigenvalue weighted by Crippen LogP contribution is -2.34. The summed E-state index contributed by atoms with van der Waals surface area (Å²) in [6.45, 7) is 3.95. The van der Waals surface area contributed by atoms with E-state index in [0.717, 1.165) is 55.3 Å². The molecule has 4 aromatic rings. The predicted octanol–water partition coefficient (Wildman–Crippen LogP) is 4.05. The van der Waals surface area contributed by atoms with Crippen LogP contribution in [0.2, 0.25) is 0 Å². The molecule has 2 aliphatic rings. The fraction of sp³-hybridized carbons (Fsp3) is 0.423. The topological polar surface area (TPSA) is 98.7 Å². The van der Waals surface area contributed by atoms with Gasteiger partial charge in [0, 0.05) is 43.2 Å². The van der Waals surface area contributed by atoms with E-state index in [1.54, 1.807) is 26.5 Å². The van der Waals surface area contributed by atoms with E-state index in [0.29, 0.717) is 39.9 Å². The molecule has 0 spiro atoms. The van der Waals surface area contributed by atoms with Crippen LogP contribution in [0.1, 0.15) is 24.3 Å². The van der Waals surface area contributed by atoms with Crippen LogP contribution >= 0.6 is 36.2 Å². The number of nitrogens with one attached hydrogen (secondary N) is 1. The highest BCUT2D eigenvalue weighted by atomic mass is 35.5. The molecule has 1 aromatic carbocycles. The van der Waals surface area contributed by atoms with Gasteiger partial charge >= 0.3 is 5.69 Å². The molecule has 12 heteroatoms. The third kappa shape index (κ3) is 4.75. The molecule has 38 heavy (non-hydrogen) atoms. The maximum atomic E-state index is 13.2. The first kappa shape index (κ1) is 28.2. The Bertz CT molecular complexity index is 1560. The van der Waals surface area contributed by atoms with Crippen LogP contribution in [0.4, 0.5) is 0 Å². The third-order valence-corrected chi connectivity index (χ3v) is 8.55. The smallest absolute Gasteiger partial charge is 0.328 e. The number of likely N-dealkylation sites (tertiary alicyclic amines) is 1. The van der Waals surface area contributed by atoms with Crippen molar-refractivity contribution in [2.24, 2.45) is 5.92 Å². The zero-order chi connectivity index (χ0) is 24.8. The van der Waals surface area contributed by atoms with Gasteiger partial charge in [-0.3, -0.25) is 14.3 Å². The van der Waals surface area contributed by atoms with Crippen molar-refractivity contribution in [2.75, 3.05) is 40.5 Å². The number of aromatic amines is 1. The molecule has 0 saturated carbocycles. The lowest BCUT2D eigenvalue weighted by atomic mass is 9.86. The summed E-state index contributed by atoms with van der Waals surface area (Å²) in [6, 6.07) is 7.74. The molecule has 5 heterocycles. The Morgan fingerprint density at radius 1 is 1.05 bits per heavy atom. The van der Waals surface area contributed by atoms with Crippen LogP contribution in [0.3, 0.4) is 0 Å². The molecular weight excluding hydrogens is 551 g/mol. The number of rotatable bonds is 7. The number of nitrogens with zero attached hydrogens (tertiary/aromatic N) is 3. The van der Waals surface area contributed by atoms with E-state index >= 15 is 0 Å². The molecule has 9 nitrogen and oxygen atoms in total. The molecule has 3 aromatic heterocycles. The zero-order valence-electron chi connectivity index (χ0n) is 21.1. The Morgan fingerprint density at radius 2 is 1.84 bits per heavy atom. The standard InChI is InChI=1S/C26H28N4O5S.2ClH/c1-33-17-6-5-7-18-20(17)16-13-29(12-15(16)14-35-18)10-3-4-11-30-25(31)24-22(28-26(30)32)21-23(36-24)19(34-2)8-9-27-21;;/h5-9,15-16H,3-4,10-14H2,1-2H3,(H,28,32);2*1H/t15-,16+;;/m1../s1. The van der Waals surface area contributed by atoms with Crippen LogP contribution in [0.15, 0.2) is 40.1 Å². The van der Waals surface area contributed by atoms with Crippen LogP contribution in [0.5, 0.6) is 17.2 Å². The van der Waals surface area contributed by atoms with Gasteiger partial charge in [-0.05, 0) is 37.6 Å². The molecule has 0 amide bonds. The summed E-state index contributed by atoms with van der Waals surface area (Å²) < 4.78 is 19.6. The summed E-state index contributed by atoms with van der Waals surface area (Å²) in [5.41, 5.74) is 1.59. The number of halogens is 2. The van der Waals surface area contributed by atoms with Gasteiger partial charge in [0.2, 0.25) is 0 Å². The van der Waals surface area contributed by atoms with Gasteiger partial charge in [0.05, 0.1) is 31.0 Å². The van der Waals surface area contributed by atoms with E-state index < -0.39 is 5.69 Å². The number of thiophene rings is 1. The molecule has 6 rings (SSSR count). The van der Waals surface area contributed by atoms with Crippen molar-refractivity contribution in [3.63, 3.8) is 0 Å². The van der Waals surface area contributed by atoms with Gasteiger partial charge in [-0.15, -0.1) is 36.2 Å². The summed E-state index contributed by atoms with van der Waals surface area (Å²) in [5, 5.41) is 0. The molecule has 0 unspecified atom stereocenters. The Balaban J connectivity index is 0.00000168. The highest BCUT2D eigenvalue weighted by molar-refractivity contribution is 7.26. The number of fused-ring (bicyclic) bond motifs is 6. The van der Waals surface area contributed by atoms with E-state index in [1.807, 2.05) is 18.2 Å². The van der Waals surface area contributed by atoms with Gasteiger partial charge in [0.1, 0.15) is 27.5 Å². The Labute approximate surface area is 235 Å². The molecule has 1 fully saturated rings. The van der Waals surface area contributed by atoms with Crippen molar-refractivity contribution in [2.45, 2.75) is 25.3 Å². The fourth-order valence-electron chi connectivity index (χ4n) is 5.62. The van der Waals surface area contributed by atoms with Gasteiger partial charge in [-0.1, -0.05) is 6.07 Å². The number of benzene rings is 1. The molecule has 1 N–H and O–H groups in total. The summed E-state index contributed by atoms with van der Waals surface area (Å²) in [6.07, 6.45) is 3.25. The number of methoxy groups -OCH3 is 2. The maximum Gasteiger partial charge on any atom is 0.328 e. The van der Waals surface area contributed by atoms with Crippen LogP contribution in [-0.4, -0.2) is 59.9 Å². The largest absolute Gasteiger partial charge is 0.496 e. The fourth-order valence-corrected chi connectivity index (χ4v) is 6.78. The van der Waals surface area contributed by atoms with Crippen LogP contribution in [-0.2, 0) is 6.54 Å². The first-order chi connectivity index (χ1) is 17.6. The molecule has 2 atom stereocenters. The van der Waals surface area contributed by atoms with E-state index in [4.69, 9.17) is 14.2 Å². The minimum Gasteiger partial charge on any atom is -0.496 e. The highest BCUT2D eigenvalue weighted by Gasteiger charge is 2.40. The highest BCUT2D eigenvalue weighted by Crippen LogP contribution is 2.46. The number of hydrogen-bond donors (Lipinski definition) is 1. The molecule has 1 saturated heterocycles. The van der Waals surface area contributed by atoms with E-state index in [9.17, 15) is 9.59 Å². The SMILES string of the molecule is COc1cccc2c1[C@H]1CN(CCCCn3c(=O)[nH]c4c(sc5c(OC)ccnc54)c3=O)C[C@@H]1CO2.Cl.Cl. The minimum atomic E-state index is -0.398. The number of H-pyrrole nitrogens is 1. The van der Waals surface area contributed by atoms with Crippen molar-refractivity contribution in [3.8, 4) is 17.2 Å². The minimum absolute atomic E-state index is 0. The van der Waals surface area contributed by atoms with Gasteiger partial charge in [-0.2, -0.15) is 0 Å². The lowest BCUT2D eigenvalue weighted by molar-refractivity contribution is 0.209. The van der Waals surface area contributed by atoms with E-state index in [1.165, 1.54) is 21.5 Å². The second kappa shape index (κ2) is 11.5. The first-order valence-corrected chi connectivity index (χ1v) is 13.0. The van der Waals surface area contributed by atoms with Crippen molar-refractivity contribution >= 4 is 56.6 Å². The summed E-state index contributed by atoms with van der Waals surface area (Å²) >= 11 is 1.31. The van der Waals surface area contributed by atoms with E-state index in [2.05, 4.69) is 14.9 Å². The monoisotopic (exact) mass is 580 g/mol. The second-order valence-electron chi connectivity index (χ2n) is 9.40. The number of unbranched alkanes of at least 4 members (excludes halogenated alkanes) is 1. The van der Waals surface area contributed by atoms with Crippen LogP contribution < -0.4 is 25.5 Å². The van der Waals surface area contributed by atoms with Crippen LogP contribution in [0.25, 0.3) is 20.4 Å². The van der Waals surface area contributed by atoms with Gasteiger partial charge in [-0.25, -0.2) is 4.79 Å².